The molecule has 0 spiro atoms. The van der Waals surface area contributed by atoms with E-state index in [0.717, 1.165) is 0 Å². The van der Waals surface area contributed by atoms with Gasteiger partial charge in [-0.1, -0.05) is 30.3 Å². The fraction of sp³-hybridized carbons (Fsp3) is 0.348. The van der Waals surface area contributed by atoms with E-state index in [9.17, 15) is 14.4 Å². The van der Waals surface area contributed by atoms with Crippen LogP contribution in [0, 0.1) is 0 Å². The second-order valence-corrected chi connectivity index (χ2v) is 7.22. The van der Waals surface area contributed by atoms with E-state index in [1.54, 1.807) is 53.4 Å². The van der Waals surface area contributed by atoms with Crippen molar-refractivity contribution in [2.45, 2.75) is 26.1 Å². The van der Waals surface area contributed by atoms with Crippen LogP contribution in [0.5, 0.6) is 5.75 Å². The standard InChI is InChI=1S/C23H25NO6/c1-16-12-24(13-17(2)30-16)21(25)14-29-22(26)15-28-20-10-8-19(9-11-20)23(27)18-6-4-3-5-7-18/h3-11,16-17H,12-15H2,1-2H3/t16-,17-/m1/s1. The quantitative estimate of drug-likeness (QED) is 0.514. The summed E-state index contributed by atoms with van der Waals surface area (Å²) in [4.78, 5) is 38.1. The lowest BCUT2D eigenvalue weighted by Gasteiger charge is -2.35. The Balaban J connectivity index is 1.43. The van der Waals surface area contributed by atoms with E-state index in [2.05, 4.69) is 0 Å². The molecule has 1 aliphatic rings. The summed E-state index contributed by atoms with van der Waals surface area (Å²) < 4.78 is 16.0. The number of carbonyl (C=O) groups excluding carboxylic acids is 3. The molecule has 0 N–H and O–H groups in total. The third-order valence-electron chi connectivity index (χ3n) is 4.64. The van der Waals surface area contributed by atoms with Crippen LogP contribution in [-0.2, 0) is 19.1 Å². The van der Waals surface area contributed by atoms with Crippen molar-refractivity contribution in [1.82, 2.24) is 4.90 Å². The van der Waals surface area contributed by atoms with Gasteiger partial charge in [0.2, 0.25) is 0 Å². The van der Waals surface area contributed by atoms with Crippen molar-refractivity contribution in [3.63, 3.8) is 0 Å². The molecule has 0 aromatic heterocycles. The molecule has 1 saturated heterocycles. The van der Waals surface area contributed by atoms with Gasteiger partial charge in [0.05, 0.1) is 12.2 Å². The molecule has 158 valence electrons. The van der Waals surface area contributed by atoms with E-state index in [1.165, 1.54) is 0 Å². The monoisotopic (exact) mass is 411 g/mol. The van der Waals surface area contributed by atoms with Crippen LogP contribution in [0.3, 0.4) is 0 Å². The minimum atomic E-state index is -0.637. The minimum absolute atomic E-state index is 0.0477. The number of nitrogens with zero attached hydrogens (tertiary/aromatic N) is 1. The molecule has 2 aromatic rings. The van der Waals surface area contributed by atoms with Crippen molar-refractivity contribution >= 4 is 17.7 Å². The van der Waals surface area contributed by atoms with Gasteiger partial charge in [-0.3, -0.25) is 9.59 Å². The molecule has 3 rings (SSSR count). The second kappa shape index (κ2) is 10.0. The van der Waals surface area contributed by atoms with Gasteiger partial charge < -0.3 is 19.1 Å². The van der Waals surface area contributed by atoms with Crippen molar-refractivity contribution < 1.29 is 28.6 Å². The smallest absolute Gasteiger partial charge is 0.344 e. The Hall–Kier alpha value is -3.19. The molecule has 0 aliphatic carbocycles. The average Bonchev–Trinajstić information content (AvgIpc) is 2.75. The SMILES string of the molecule is C[C@@H]1CN(C(=O)COC(=O)COc2ccc(C(=O)c3ccccc3)cc2)C[C@@H](C)O1. The molecule has 0 radical (unpaired) electrons. The van der Waals surface area contributed by atoms with Gasteiger partial charge in [0.25, 0.3) is 5.91 Å². The highest BCUT2D eigenvalue weighted by Crippen LogP contribution is 2.16. The van der Waals surface area contributed by atoms with Gasteiger partial charge in [-0.2, -0.15) is 0 Å². The number of rotatable bonds is 7. The molecule has 0 saturated carbocycles. The van der Waals surface area contributed by atoms with Gasteiger partial charge in [-0.25, -0.2) is 4.79 Å². The third-order valence-corrected chi connectivity index (χ3v) is 4.64. The molecule has 2 atom stereocenters. The molecular formula is C23H25NO6. The van der Waals surface area contributed by atoms with Crippen LogP contribution in [0.25, 0.3) is 0 Å². The van der Waals surface area contributed by atoms with E-state index in [4.69, 9.17) is 14.2 Å². The molecule has 7 heteroatoms. The number of morpholine rings is 1. The van der Waals surface area contributed by atoms with Gasteiger partial charge in [-0.15, -0.1) is 0 Å². The van der Waals surface area contributed by atoms with Gasteiger partial charge in [0, 0.05) is 24.2 Å². The van der Waals surface area contributed by atoms with E-state index >= 15 is 0 Å². The first-order chi connectivity index (χ1) is 14.4. The number of esters is 1. The molecule has 1 heterocycles. The number of amides is 1. The molecule has 7 nitrogen and oxygen atoms in total. The maximum absolute atomic E-state index is 12.4. The Kier molecular flexibility index (Phi) is 7.19. The Morgan fingerprint density at radius 3 is 2.13 bits per heavy atom. The first-order valence-corrected chi connectivity index (χ1v) is 9.84. The molecular weight excluding hydrogens is 386 g/mol. The van der Waals surface area contributed by atoms with Crippen molar-refractivity contribution in [2.75, 3.05) is 26.3 Å². The van der Waals surface area contributed by atoms with E-state index in [1.807, 2.05) is 19.9 Å². The Labute approximate surface area is 175 Å². The predicted molar refractivity (Wildman–Crippen MR) is 109 cm³/mol. The topological polar surface area (TPSA) is 82.1 Å². The fourth-order valence-electron chi connectivity index (χ4n) is 3.26. The van der Waals surface area contributed by atoms with Crippen LogP contribution in [0.2, 0.25) is 0 Å². The van der Waals surface area contributed by atoms with Gasteiger partial charge in [0.15, 0.2) is 19.0 Å². The molecule has 1 fully saturated rings. The zero-order chi connectivity index (χ0) is 21.5. The highest BCUT2D eigenvalue weighted by Gasteiger charge is 2.26. The summed E-state index contributed by atoms with van der Waals surface area (Å²) in [7, 11) is 0. The van der Waals surface area contributed by atoms with E-state index in [0.29, 0.717) is 30.0 Å². The summed E-state index contributed by atoms with van der Waals surface area (Å²) in [5.74, 6) is -0.554. The number of hydrogen-bond acceptors (Lipinski definition) is 6. The second-order valence-electron chi connectivity index (χ2n) is 7.22. The maximum atomic E-state index is 12.4. The summed E-state index contributed by atoms with van der Waals surface area (Å²) >= 11 is 0. The zero-order valence-electron chi connectivity index (χ0n) is 17.1. The lowest BCUT2D eigenvalue weighted by atomic mass is 10.0. The Morgan fingerprint density at radius 2 is 1.50 bits per heavy atom. The van der Waals surface area contributed by atoms with Crippen LogP contribution in [0.1, 0.15) is 29.8 Å². The van der Waals surface area contributed by atoms with Crippen LogP contribution in [-0.4, -0.2) is 61.1 Å². The molecule has 2 aromatic carbocycles. The molecule has 1 amide bonds. The van der Waals surface area contributed by atoms with Gasteiger partial charge in [-0.05, 0) is 38.1 Å². The maximum Gasteiger partial charge on any atom is 0.344 e. The zero-order valence-corrected chi connectivity index (χ0v) is 17.1. The normalized spacial score (nSPS) is 18.5. The number of ether oxygens (including phenoxy) is 3. The summed E-state index contributed by atoms with van der Waals surface area (Å²) in [6.45, 7) is 4.10. The van der Waals surface area contributed by atoms with Crippen molar-refractivity contribution in [2.24, 2.45) is 0 Å². The van der Waals surface area contributed by atoms with E-state index in [-0.39, 0.29) is 37.1 Å². The molecule has 0 unspecified atom stereocenters. The first kappa shape index (κ1) is 21.5. The van der Waals surface area contributed by atoms with E-state index < -0.39 is 5.97 Å². The van der Waals surface area contributed by atoms with Crippen LogP contribution < -0.4 is 4.74 Å². The van der Waals surface area contributed by atoms with Gasteiger partial charge in [0.1, 0.15) is 5.75 Å². The summed E-state index contributed by atoms with van der Waals surface area (Å²) in [6.07, 6.45) is -0.0954. The van der Waals surface area contributed by atoms with Crippen LogP contribution in [0.15, 0.2) is 54.6 Å². The lowest BCUT2D eigenvalue weighted by molar-refractivity contribution is -0.158. The number of benzene rings is 2. The van der Waals surface area contributed by atoms with Crippen LogP contribution in [0.4, 0.5) is 0 Å². The minimum Gasteiger partial charge on any atom is -0.482 e. The number of carbonyl (C=O) groups is 3. The van der Waals surface area contributed by atoms with Crippen molar-refractivity contribution in [3.8, 4) is 5.75 Å². The Morgan fingerprint density at radius 1 is 0.900 bits per heavy atom. The first-order valence-electron chi connectivity index (χ1n) is 9.84. The summed E-state index contributed by atoms with van der Waals surface area (Å²) in [5, 5.41) is 0. The van der Waals surface area contributed by atoms with Crippen LogP contribution >= 0.6 is 0 Å². The molecule has 1 aliphatic heterocycles. The average molecular weight is 411 g/mol. The highest BCUT2D eigenvalue weighted by molar-refractivity contribution is 6.08. The van der Waals surface area contributed by atoms with Crippen molar-refractivity contribution in [1.29, 1.82) is 0 Å². The third kappa shape index (κ3) is 5.90. The number of ketones is 1. The van der Waals surface area contributed by atoms with Crippen molar-refractivity contribution in [3.05, 3.63) is 65.7 Å². The summed E-state index contributed by atoms with van der Waals surface area (Å²) in [6, 6.07) is 15.5. The lowest BCUT2D eigenvalue weighted by Crippen LogP contribution is -2.49. The molecule has 30 heavy (non-hydrogen) atoms. The molecule has 0 bridgehead atoms. The number of hydrogen-bond donors (Lipinski definition) is 0. The van der Waals surface area contributed by atoms with Gasteiger partial charge >= 0.3 is 5.97 Å². The predicted octanol–water partition coefficient (Wildman–Crippen LogP) is 2.48. The summed E-state index contributed by atoms with van der Waals surface area (Å²) in [5.41, 5.74) is 1.12. The highest BCUT2D eigenvalue weighted by atomic mass is 16.6. The Bertz CT molecular complexity index is 870. The fourth-order valence-corrected chi connectivity index (χ4v) is 3.26. The largest absolute Gasteiger partial charge is 0.482 e.